The summed E-state index contributed by atoms with van der Waals surface area (Å²) >= 11 is 0. The van der Waals surface area contributed by atoms with E-state index in [1.54, 1.807) is 38.3 Å². The Bertz CT molecular complexity index is 795. The second-order valence-corrected chi connectivity index (χ2v) is 6.48. The summed E-state index contributed by atoms with van der Waals surface area (Å²) in [6.07, 6.45) is 0. The van der Waals surface area contributed by atoms with Crippen molar-refractivity contribution in [2.24, 2.45) is 0 Å². The lowest BCUT2D eigenvalue weighted by Gasteiger charge is -2.20. The van der Waals surface area contributed by atoms with Gasteiger partial charge >= 0.3 is 0 Å². The number of amides is 2. The summed E-state index contributed by atoms with van der Waals surface area (Å²) < 4.78 is 10.6. The number of hydrogen-bond acceptors (Lipinski definition) is 5. The zero-order chi connectivity index (χ0) is 20.5. The molecular formula is C21H27N3O4. The van der Waals surface area contributed by atoms with Crippen molar-refractivity contribution in [3.05, 3.63) is 54.1 Å². The molecule has 1 unspecified atom stereocenters. The van der Waals surface area contributed by atoms with Crippen LogP contribution in [0.2, 0.25) is 0 Å². The van der Waals surface area contributed by atoms with Crippen LogP contribution in [0, 0.1) is 0 Å². The van der Waals surface area contributed by atoms with E-state index in [1.807, 2.05) is 43.3 Å². The van der Waals surface area contributed by atoms with Crippen LogP contribution in [0.5, 0.6) is 11.5 Å². The van der Waals surface area contributed by atoms with Crippen LogP contribution < -0.4 is 20.1 Å². The number of nitrogens with one attached hydrogen (secondary N) is 2. The molecule has 0 fully saturated rings. The molecule has 2 amide bonds. The number of anilines is 1. The highest BCUT2D eigenvalue weighted by Gasteiger charge is 2.17. The van der Waals surface area contributed by atoms with Crippen LogP contribution in [0.3, 0.4) is 0 Å². The molecule has 1 atom stereocenters. The standard InChI is InChI=1S/C21H27N3O4/c1-15(18-12-17(27-3)10-11-19(18)28-4)22-20(25)13-24(2)14-21(26)23-16-8-6-5-7-9-16/h5-12,15H,13-14H2,1-4H3,(H,22,25)(H,23,26). The van der Waals surface area contributed by atoms with Crippen molar-refractivity contribution < 1.29 is 19.1 Å². The number of hydrogen-bond donors (Lipinski definition) is 2. The molecule has 0 spiro atoms. The van der Waals surface area contributed by atoms with E-state index in [1.165, 1.54) is 0 Å². The summed E-state index contributed by atoms with van der Waals surface area (Å²) in [7, 11) is 4.89. The first kappa shape index (κ1) is 21.2. The zero-order valence-corrected chi connectivity index (χ0v) is 16.7. The molecule has 0 aromatic heterocycles. The molecule has 28 heavy (non-hydrogen) atoms. The fourth-order valence-corrected chi connectivity index (χ4v) is 2.81. The molecule has 2 N–H and O–H groups in total. The third-order valence-electron chi connectivity index (χ3n) is 4.17. The normalized spacial score (nSPS) is 11.6. The molecule has 2 aromatic carbocycles. The fourth-order valence-electron chi connectivity index (χ4n) is 2.81. The Labute approximate surface area is 165 Å². The van der Waals surface area contributed by atoms with E-state index in [4.69, 9.17) is 9.47 Å². The van der Waals surface area contributed by atoms with E-state index in [0.29, 0.717) is 11.5 Å². The minimum absolute atomic E-state index is 0.0961. The summed E-state index contributed by atoms with van der Waals surface area (Å²) in [5.41, 5.74) is 1.55. The Kier molecular flexibility index (Phi) is 7.83. The van der Waals surface area contributed by atoms with Gasteiger partial charge < -0.3 is 20.1 Å². The van der Waals surface area contributed by atoms with Crippen molar-refractivity contribution in [1.82, 2.24) is 10.2 Å². The molecule has 2 aromatic rings. The topological polar surface area (TPSA) is 79.9 Å². The number of ether oxygens (including phenoxy) is 2. The van der Waals surface area contributed by atoms with E-state index in [2.05, 4.69) is 10.6 Å². The molecule has 0 bridgehead atoms. The Morgan fingerprint density at radius 1 is 1.00 bits per heavy atom. The maximum absolute atomic E-state index is 12.4. The van der Waals surface area contributed by atoms with Gasteiger partial charge in [0.1, 0.15) is 11.5 Å². The van der Waals surface area contributed by atoms with Crippen molar-refractivity contribution in [3.63, 3.8) is 0 Å². The van der Waals surface area contributed by atoms with Crippen LogP contribution >= 0.6 is 0 Å². The highest BCUT2D eigenvalue weighted by molar-refractivity contribution is 5.92. The van der Waals surface area contributed by atoms with Crippen LogP contribution in [0.1, 0.15) is 18.5 Å². The Balaban J connectivity index is 1.88. The van der Waals surface area contributed by atoms with Gasteiger partial charge in [0.05, 0.1) is 33.4 Å². The van der Waals surface area contributed by atoms with Crippen LogP contribution in [0.4, 0.5) is 5.69 Å². The van der Waals surface area contributed by atoms with Gasteiger partial charge in [-0.25, -0.2) is 0 Å². The first-order valence-electron chi connectivity index (χ1n) is 8.97. The second-order valence-electron chi connectivity index (χ2n) is 6.48. The van der Waals surface area contributed by atoms with E-state index in [0.717, 1.165) is 11.3 Å². The average molecular weight is 385 g/mol. The zero-order valence-electron chi connectivity index (χ0n) is 16.7. The average Bonchev–Trinajstić information content (AvgIpc) is 2.67. The smallest absolute Gasteiger partial charge is 0.238 e. The van der Waals surface area contributed by atoms with Crippen molar-refractivity contribution in [2.75, 3.05) is 39.7 Å². The molecule has 0 aliphatic rings. The van der Waals surface area contributed by atoms with Gasteiger partial charge in [-0.15, -0.1) is 0 Å². The van der Waals surface area contributed by atoms with E-state index in [-0.39, 0.29) is 30.9 Å². The van der Waals surface area contributed by atoms with Gasteiger partial charge in [-0.05, 0) is 44.3 Å². The third-order valence-corrected chi connectivity index (χ3v) is 4.17. The molecule has 0 radical (unpaired) electrons. The first-order valence-corrected chi connectivity index (χ1v) is 8.97. The lowest BCUT2D eigenvalue weighted by Crippen LogP contribution is -2.39. The van der Waals surface area contributed by atoms with Gasteiger partial charge in [0.15, 0.2) is 0 Å². The van der Waals surface area contributed by atoms with Gasteiger partial charge in [0, 0.05) is 11.3 Å². The predicted molar refractivity (Wildman–Crippen MR) is 109 cm³/mol. The largest absolute Gasteiger partial charge is 0.497 e. The number of carbonyl (C=O) groups excluding carboxylic acids is 2. The Morgan fingerprint density at radius 3 is 2.32 bits per heavy atom. The molecular weight excluding hydrogens is 358 g/mol. The highest BCUT2D eigenvalue weighted by atomic mass is 16.5. The van der Waals surface area contributed by atoms with Gasteiger partial charge in [-0.2, -0.15) is 0 Å². The van der Waals surface area contributed by atoms with Crippen LogP contribution in [0.25, 0.3) is 0 Å². The molecule has 0 saturated heterocycles. The Morgan fingerprint density at radius 2 is 1.68 bits per heavy atom. The molecule has 7 nitrogen and oxygen atoms in total. The summed E-state index contributed by atoms with van der Waals surface area (Å²) in [5.74, 6) is 0.993. The number of carbonyl (C=O) groups is 2. The second kappa shape index (κ2) is 10.3. The number of nitrogens with zero attached hydrogens (tertiary/aromatic N) is 1. The molecule has 0 aliphatic heterocycles. The minimum Gasteiger partial charge on any atom is -0.497 e. The van der Waals surface area contributed by atoms with E-state index in [9.17, 15) is 9.59 Å². The predicted octanol–water partition coefficient (Wildman–Crippen LogP) is 2.45. The first-order chi connectivity index (χ1) is 13.4. The van der Waals surface area contributed by atoms with E-state index >= 15 is 0 Å². The van der Waals surface area contributed by atoms with Gasteiger partial charge in [0.2, 0.25) is 11.8 Å². The molecule has 0 aliphatic carbocycles. The van der Waals surface area contributed by atoms with Crippen LogP contribution in [-0.4, -0.2) is 51.1 Å². The van der Waals surface area contributed by atoms with Crippen molar-refractivity contribution >= 4 is 17.5 Å². The molecule has 7 heteroatoms. The van der Waals surface area contributed by atoms with Gasteiger partial charge in [0.25, 0.3) is 0 Å². The van der Waals surface area contributed by atoms with Crippen molar-refractivity contribution in [3.8, 4) is 11.5 Å². The summed E-state index contributed by atoms with van der Waals surface area (Å²) in [5, 5.41) is 5.73. The number of methoxy groups -OCH3 is 2. The maximum Gasteiger partial charge on any atom is 0.238 e. The quantitative estimate of drug-likeness (QED) is 0.693. The van der Waals surface area contributed by atoms with Crippen molar-refractivity contribution in [1.29, 1.82) is 0 Å². The van der Waals surface area contributed by atoms with Crippen LogP contribution in [0.15, 0.2) is 48.5 Å². The molecule has 2 rings (SSSR count). The highest BCUT2D eigenvalue weighted by Crippen LogP contribution is 2.29. The fraction of sp³-hybridized carbons (Fsp3) is 0.333. The number of rotatable bonds is 9. The Hall–Kier alpha value is -3.06. The van der Waals surface area contributed by atoms with Crippen LogP contribution in [-0.2, 0) is 9.59 Å². The molecule has 150 valence electrons. The summed E-state index contributed by atoms with van der Waals surface area (Å²) in [4.78, 5) is 26.1. The number of likely N-dealkylation sites (N-methyl/N-ethyl adjacent to an activating group) is 1. The molecule has 0 saturated carbocycles. The summed E-state index contributed by atoms with van der Waals surface area (Å²) in [6, 6.07) is 14.4. The van der Waals surface area contributed by atoms with Gasteiger partial charge in [-0.3, -0.25) is 14.5 Å². The monoisotopic (exact) mass is 385 g/mol. The lowest BCUT2D eigenvalue weighted by molar-refractivity contribution is -0.123. The SMILES string of the molecule is COc1ccc(OC)c(C(C)NC(=O)CN(C)CC(=O)Nc2ccccc2)c1. The third kappa shape index (κ3) is 6.28. The number of benzene rings is 2. The lowest BCUT2D eigenvalue weighted by atomic mass is 10.1. The minimum atomic E-state index is -0.274. The van der Waals surface area contributed by atoms with E-state index < -0.39 is 0 Å². The maximum atomic E-state index is 12.4. The summed E-state index contributed by atoms with van der Waals surface area (Å²) in [6.45, 7) is 2.08. The van der Waals surface area contributed by atoms with Crippen molar-refractivity contribution in [2.45, 2.75) is 13.0 Å². The molecule has 0 heterocycles. The van der Waals surface area contributed by atoms with Gasteiger partial charge in [-0.1, -0.05) is 18.2 Å². The number of para-hydroxylation sites is 1.